The molecule has 2 heterocycles. The fourth-order valence-corrected chi connectivity index (χ4v) is 11.7. The average molecular weight is 559 g/mol. The van der Waals surface area contributed by atoms with Crippen molar-refractivity contribution in [2.45, 2.75) is 77.4 Å². The molecule has 2 aliphatic heterocycles. The van der Waals surface area contributed by atoms with Crippen molar-refractivity contribution in [3.8, 4) is 0 Å². The summed E-state index contributed by atoms with van der Waals surface area (Å²) in [7, 11) is 0. The Morgan fingerprint density at radius 1 is 0.825 bits per heavy atom. The van der Waals surface area contributed by atoms with Crippen LogP contribution in [0.4, 0.5) is 0 Å². The quantitative estimate of drug-likeness (QED) is 0.354. The lowest BCUT2D eigenvalue weighted by atomic mass is 9.51. The number of hydrogen-bond acceptors (Lipinski definition) is 2. The minimum absolute atomic E-state index is 0.0812. The van der Waals surface area contributed by atoms with Gasteiger partial charge in [-0.05, 0) is 97.4 Å². The smallest absolute Gasteiger partial charge is 0.0392 e. The van der Waals surface area contributed by atoms with Crippen LogP contribution >= 0.6 is 23.5 Å². The lowest BCUT2D eigenvalue weighted by Crippen LogP contribution is -2.59. The summed E-state index contributed by atoms with van der Waals surface area (Å²) in [6, 6.07) is 7.57. The highest BCUT2D eigenvalue weighted by Gasteiger charge is 2.62. The highest BCUT2D eigenvalue weighted by molar-refractivity contribution is 8.01. The van der Waals surface area contributed by atoms with Gasteiger partial charge in [-0.1, -0.05) is 91.1 Å². The molecule has 1 aromatic carbocycles. The van der Waals surface area contributed by atoms with Crippen molar-refractivity contribution in [1.29, 1.82) is 0 Å². The normalized spacial score (nSPS) is 37.0. The van der Waals surface area contributed by atoms with Crippen molar-refractivity contribution in [2.75, 3.05) is 0 Å². The molecule has 0 bridgehead atoms. The molecular formula is C38H38S2. The molecule has 1 fully saturated rings. The first kappa shape index (κ1) is 25.3. The molecule has 6 atom stereocenters. The molecule has 8 rings (SSSR count). The second kappa shape index (κ2) is 9.85. The summed E-state index contributed by atoms with van der Waals surface area (Å²) < 4.78 is 0.0918. The van der Waals surface area contributed by atoms with Gasteiger partial charge in [0, 0.05) is 37.4 Å². The molecule has 0 amide bonds. The highest BCUT2D eigenvalue weighted by atomic mass is 32.2. The van der Waals surface area contributed by atoms with E-state index in [-0.39, 0.29) is 10.2 Å². The second-order valence-corrected chi connectivity index (χ2v) is 15.5. The van der Waals surface area contributed by atoms with E-state index < -0.39 is 0 Å². The van der Waals surface area contributed by atoms with Crippen LogP contribution in [0, 0.1) is 11.8 Å². The fourth-order valence-electron chi connectivity index (χ4n) is 8.51. The molecule has 5 aliphatic carbocycles. The summed E-state index contributed by atoms with van der Waals surface area (Å²) >= 11 is 4.32. The van der Waals surface area contributed by atoms with Crippen LogP contribution in [0.25, 0.3) is 5.57 Å². The van der Waals surface area contributed by atoms with E-state index in [0.717, 1.165) is 19.3 Å². The number of thioether (sulfide) groups is 2. The van der Waals surface area contributed by atoms with E-state index in [4.69, 9.17) is 0 Å². The Morgan fingerprint density at radius 3 is 2.65 bits per heavy atom. The summed E-state index contributed by atoms with van der Waals surface area (Å²) in [6.45, 7) is 2.54. The van der Waals surface area contributed by atoms with Gasteiger partial charge in [0.1, 0.15) is 0 Å². The first-order valence-electron chi connectivity index (χ1n) is 15.4. The molecule has 202 valence electrons. The SMILES string of the molecule is CC12CC=CC=C1C1(c3cc(C4=CCCCC4)ccc3SC3C=CC=CC31)C1C=C(C3=CCCC=C3)C=CC1S2. The number of rotatable bonds is 2. The zero-order valence-corrected chi connectivity index (χ0v) is 25.0. The first-order valence-corrected chi connectivity index (χ1v) is 17.1. The van der Waals surface area contributed by atoms with Crippen molar-refractivity contribution in [2.24, 2.45) is 11.8 Å². The van der Waals surface area contributed by atoms with Gasteiger partial charge < -0.3 is 0 Å². The molecule has 6 unspecified atom stereocenters. The summed E-state index contributed by atoms with van der Waals surface area (Å²) in [5.74, 6) is 0.828. The Hall–Kier alpha value is -2.42. The van der Waals surface area contributed by atoms with Gasteiger partial charge >= 0.3 is 0 Å². The molecule has 40 heavy (non-hydrogen) atoms. The van der Waals surface area contributed by atoms with Gasteiger partial charge in [0.2, 0.25) is 0 Å². The maximum absolute atomic E-state index is 2.70. The molecule has 0 aromatic heterocycles. The maximum Gasteiger partial charge on any atom is 0.0392 e. The van der Waals surface area contributed by atoms with E-state index in [2.05, 4.69) is 134 Å². The van der Waals surface area contributed by atoms with E-state index in [1.165, 1.54) is 47.3 Å². The van der Waals surface area contributed by atoms with Crippen LogP contribution in [0.1, 0.15) is 63.0 Å². The van der Waals surface area contributed by atoms with Gasteiger partial charge in [-0.3, -0.25) is 0 Å². The molecule has 0 nitrogen and oxygen atoms in total. The van der Waals surface area contributed by atoms with Crippen LogP contribution in [0.5, 0.6) is 0 Å². The molecule has 0 saturated carbocycles. The number of fused-ring (bicyclic) bond motifs is 8. The summed E-state index contributed by atoms with van der Waals surface area (Å²) in [5.41, 5.74) is 9.02. The van der Waals surface area contributed by atoms with Crippen molar-refractivity contribution in [1.82, 2.24) is 0 Å². The zero-order valence-electron chi connectivity index (χ0n) is 23.4. The van der Waals surface area contributed by atoms with Crippen LogP contribution in [-0.2, 0) is 5.41 Å². The lowest BCUT2D eigenvalue weighted by Gasteiger charge is -2.62. The second-order valence-electron chi connectivity index (χ2n) is 12.6. The van der Waals surface area contributed by atoms with E-state index in [9.17, 15) is 0 Å². The van der Waals surface area contributed by atoms with Crippen molar-refractivity contribution in [3.05, 3.63) is 131 Å². The van der Waals surface area contributed by atoms with Crippen molar-refractivity contribution < 1.29 is 0 Å². The standard InChI is InChI=1S/C38H38S2/c1-37-23-11-10-18-36(37)38(32-25-29(20-22-35(32)40-37)27-14-6-3-7-15-27)30-16-8-9-17-33(30)39-34-21-19-28(24-31(34)38)26-12-4-2-5-13-26/h6,8-12,14-22,24-25,30,32-33,35H,2-5,7,13,23H2,1H3. The topological polar surface area (TPSA) is 0 Å². The average Bonchev–Trinajstić information content (AvgIpc) is 3.01. The van der Waals surface area contributed by atoms with Gasteiger partial charge in [-0.25, -0.2) is 0 Å². The third-order valence-corrected chi connectivity index (χ3v) is 13.3. The Bertz CT molecular complexity index is 1520. The predicted octanol–water partition coefficient (Wildman–Crippen LogP) is 10.2. The fraction of sp³-hybridized carbons (Fsp3) is 0.368. The Morgan fingerprint density at radius 2 is 1.77 bits per heavy atom. The molecule has 0 N–H and O–H groups in total. The molecule has 2 heteroatoms. The van der Waals surface area contributed by atoms with Crippen LogP contribution in [-0.4, -0.2) is 15.2 Å². The van der Waals surface area contributed by atoms with E-state index in [1.54, 1.807) is 16.7 Å². The molecule has 0 radical (unpaired) electrons. The summed E-state index contributed by atoms with van der Waals surface area (Å²) in [5, 5.41) is 0.910. The Labute approximate surface area is 248 Å². The Kier molecular flexibility index (Phi) is 6.23. The first-order chi connectivity index (χ1) is 19.7. The number of allylic oxidation sites excluding steroid dienone is 15. The van der Waals surface area contributed by atoms with Crippen LogP contribution in [0.15, 0.2) is 125 Å². The highest BCUT2D eigenvalue weighted by Crippen LogP contribution is 2.68. The number of hydrogen-bond donors (Lipinski definition) is 0. The van der Waals surface area contributed by atoms with E-state index in [0.29, 0.717) is 22.3 Å². The molecule has 1 spiro atoms. The van der Waals surface area contributed by atoms with Crippen LogP contribution in [0.3, 0.4) is 0 Å². The van der Waals surface area contributed by atoms with Gasteiger partial charge in [-0.2, -0.15) is 0 Å². The Balaban J connectivity index is 1.41. The van der Waals surface area contributed by atoms with Gasteiger partial charge in [-0.15, -0.1) is 23.5 Å². The lowest BCUT2D eigenvalue weighted by molar-refractivity contribution is 0.254. The third kappa shape index (κ3) is 3.82. The van der Waals surface area contributed by atoms with Gasteiger partial charge in [0.05, 0.1) is 0 Å². The minimum Gasteiger partial charge on any atom is -0.142 e. The van der Waals surface area contributed by atoms with Gasteiger partial charge in [0.15, 0.2) is 0 Å². The molecule has 7 aliphatic rings. The van der Waals surface area contributed by atoms with Crippen LogP contribution < -0.4 is 0 Å². The minimum atomic E-state index is -0.0812. The van der Waals surface area contributed by atoms with E-state index >= 15 is 0 Å². The van der Waals surface area contributed by atoms with Gasteiger partial charge in [0.25, 0.3) is 0 Å². The monoisotopic (exact) mass is 558 g/mol. The molecule has 1 aromatic rings. The summed E-state index contributed by atoms with van der Waals surface area (Å²) in [4.78, 5) is 1.49. The molecular weight excluding hydrogens is 521 g/mol. The van der Waals surface area contributed by atoms with Crippen molar-refractivity contribution in [3.63, 3.8) is 0 Å². The van der Waals surface area contributed by atoms with E-state index in [1.807, 2.05) is 0 Å². The predicted molar refractivity (Wildman–Crippen MR) is 175 cm³/mol. The summed E-state index contributed by atoms with van der Waals surface area (Å²) in [6.07, 6.45) is 42.9. The van der Waals surface area contributed by atoms with Crippen molar-refractivity contribution >= 4 is 29.1 Å². The third-order valence-electron chi connectivity index (χ3n) is 10.3. The largest absolute Gasteiger partial charge is 0.142 e. The molecule has 1 saturated heterocycles. The maximum atomic E-state index is 2.70. The zero-order chi connectivity index (χ0) is 26.7. The number of benzene rings is 1. The van der Waals surface area contributed by atoms with Crippen LogP contribution in [0.2, 0.25) is 0 Å².